The first-order valence-corrected chi connectivity index (χ1v) is 8.13. The molecule has 0 aromatic heterocycles. The lowest BCUT2D eigenvalue weighted by molar-refractivity contribution is 0.0732. The van der Waals surface area contributed by atoms with E-state index in [9.17, 15) is 4.79 Å². The number of hydrogen-bond donors (Lipinski definition) is 0. The van der Waals surface area contributed by atoms with E-state index in [1.165, 1.54) is 21.3 Å². The van der Waals surface area contributed by atoms with Gasteiger partial charge in [0.2, 0.25) is 5.75 Å². The molecule has 2 rings (SSSR count). The van der Waals surface area contributed by atoms with Crippen molar-refractivity contribution in [1.29, 1.82) is 0 Å². The van der Waals surface area contributed by atoms with Gasteiger partial charge in [0, 0.05) is 0 Å². The van der Waals surface area contributed by atoms with Crippen molar-refractivity contribution < 1.29 is 23.7 Å². The Morgan fingerprint density at radius 1 is 0.958 bits per heavy atom. The molecule has 0 saturated heterocycles. The van der Waals surface area contributed by atoms with Crippen LogP contribution in [0.4, 0.5) is 0 Å². The van der Waals surface area contributed by atoms with Crippen molar-refractivity contribution in [2.45, 2.75) is 13.3 Å². The van der Waals surface area contributed by atoms with Crippen molar-refractivity contribution in [2.75, 3.05) is 21.3 Å². The third kappa shape index (κ3) is 3.82. The molecular weight excluding hydrogens is 376 g/mol. The highest BCUT2D eigenvalue weighted by Gasteiger charge is 2.19. The molecule has 2 aromatic carbocycles. The summed E-state index contributed by atoms with van der Waals surface area (Å²) in [5, 5.41) is 0. The van der Waals surface area contributed by atoms with Crippen LogP contribution in [-0.4, -0.2) is 27.3 Å². The number of methoxy groups -OCH3 is 3. The molecule has 0 spiro atoms. The summed E-state index contributed by atoms with van der Waals surface area (Å²) in [5.41, 5.74) is 1.45. The summed E-state index contributed by atoms with van der Waals surface area (Å²) in [4.78, 5) is 12.5. The number of carbonyl (C=O) groups is 1. The van der Waals surface area contributed by atoms with Crippen LogP contribution in [-0.2, 0) is 6.42 Å². The highest BCUT2D eigenvalue weighted by molar-refractivity contribution is 9.10. The Hall–Kier alpha value is -2.21. The Balaban J connectivity index is 2.33. The van der Waals surface area contributed by atoms with Gasteiger partial charge in [0.1, 0.15) is 5.75 Å². The first kappa shape index (κ1) is 18.1. The second kappa shape index (κ2) is 8.06. The monoisotopic (exact) mass is 394 g/mol. The number of carbonyl (C=O) groups excluding carboxylic acids is 1. The van der Waals surface area contributed by atoms with Crippen LogP contribution in [0.1, 0.15) is 22.8 Å². The van der Waals surface area contributed by atoms with Crippen LogP contribution in [0.25, 0.3) is 0 Å². The minimum Gasteiger partial charge on any atom is -0.493 e. The van der Waals surface area contributed by atoms with E-state index in [1.54, 1.807) is 18.2 Å². The molecule has 0 radical (unpaired) electrons. The number of hydrogen-bond acceptors (Lipinski definition) is 5. The zero-order valence-electron chi connectivity index (χ0n) is 14.0. The Kier molecular flexibility index (Phi) is 6.09. The van der Waals surface area contributed by atoms with E-state index in [2.05, 4.69) is 22.9 Å². The van der Waals surface area contributed by atoms with Gasteiger partial charge in [0.25, 0.3) is 0 Å². The molecule has 6 heteroatoms. The molecule has 0 aliphatic carbocycles. The maximum Gasteiger partial charge on any atom is 0.343 e. The van der Waals surface area contributed by atoms with E-state index in [1.807, 2.05) is 12.1 Å². The summed E-state index contributed by atoms with van der Waals surface area (Å²) in [6, 6.07) is 8.72. The van der Waals surface area contributed by atoms with Crippen molar-refractivity contribution in [3.8, 4) is 23.0 Å². The molecule has 0 bridgehead atoms. The summed E-state index contributed by atoms with van der Waals surface area (Å²) in [6.45, 7) is 2.06. The van der Waals surface area contributed by atoms with Gasteiger partial charge in [0.05, 0.1) is 31.4 Å². The van der Waals surface area contributed by atoms with Crippen molar-refractivity contribution in [1.82, 2.24) is 0 Å². The average molecular weight is 395 g/mol. The van der Waals surface area contributed by atoms with Crippen LogP contribution >= 0.6 is 15.9 Å². The van der Waals surface area contributed by atoms with Gasteiger partial charge in [-0.2, -0.15) is 0 Å². The molecule has 2 aromatic rings. The number of esters is 1. The topological polar surface area (TPSA) is 54.0 Å². The van der Waals surface area contributed by atoms with Crippen LogP contribution in [0.5, 0.6) is 23.0 Å². The van der Waals surface area contributed by atoms with Crippen LogP contribution in [0.3, 0.4) is 0 Å². The van der Waals surface area contributed by atoms with Crippen LogP contribution in [0, 0.1) is 0 Å². The fourth-order valence-electron chi connectivity index (χ4n) is 2.20. The molecule has 0 heterocycles. The van der Waals surface area contributed by atoms with E-state index >= 15 is 0 Å². The van der Waals surface area contributed by atoms with Crippen LogP contribution in [0.15, 0.2) is 34.8 Å². The molecule has 128 valence electrons. The third-order valence-corrected chi connectivity index (χ3v) is 4.13. The van der Waals surface area contributed by atoms with Gasteiger partial charge in [-0.3, -0.25) is 0 Å². The van der Waals surface area contributed by atoms with Gasteiger partial charge >= 0.3 is 5.97 Å². The molecule has 0 fully saturated rings. The smallest absolute Gasteiger partial charge is 0.343 e. The van der Waals surface area contributed by atoms with Gasteiger partial charge < -0.3 is 18.9 Å². The van der Waals surface area contributed by atoms with E-state index < -0.39 is 5.97 Å². The van der Waals surface area contributed by atoms with Gasteiger partial charge in [-0.25, -0.2) is 4.79 Å². The zero-order valence-corrected chi connectivity index (χ0v) is 15.6. The maximum absolute atomic E-state index is 12.5. The van der Waals surface area contributed by atoms with E-state index in [0.717, 1.165) is 16.5 Å². The minimum atomic E-state index is -0.515. The molecule has 0 unspecified atom stereocenters. The fourth-order valence-corrected chi connectivity index (χ4v) is 2.71. The number of rotatable bonds is 6. The molecule has 0 atom stereocenters. The Labute approximate surface area is 149 Å². The first-order chi connectivity index (χ1) is 11.5. The largest absolute Gasteiger partial charge is 0.493 e. The maximum atomic E-state index is 12.5. The number of benzene rings is 2. The van der Waals surface area contributed by atoms with Crippen LogP contribution in [0.2, 0.25) is 0 Å². The molecular formula is C18H19BrO5. The van der Waals surface area contributed by atoms with Crippen molar-refractivity contribution in [3.05, 3.63) is 45.9 Å². The molecule has 0 aliphatic heterocycles. The molecule has 0 amide bonds. The van der Waals surface area contributed by atoms with Gasteiger partial charge in [-0.1, -0.05) is 13.0 Å². The Morgan fingerprint density at radius 2 is 1.58 bits per heavy atom. The summed E-state index contributed by atoms with van der Waals surface area (Å²) in [5.74, 6) is 1.14. The summed E-state index contributed by atoms with van der Waals surface area (Å²) >= 11 is 3.42. The zero-order chi connectivity index (χ0) is 17.7. The number of halogens is 1. The summed E-state index contributed by atoms with van der Waals surface area (Å²) < 4.78 is 21.9. The molecule has 0 N–H and O–H groups in total. The molecule has 5 nitrogen and oxygen atoms in total. The second-order valence-corrected chi connectivity index (χ2v) is 5.78. The number of aryl methyl sites for hydroxylation is 1. The van der Waals surface area contributed by atoms with Gasteiger partial charge in [-0.15, -0.1) is 0 Å². The predicted octanol–water partition coefficient (Wildman–Crippen LogP) is 4.26. The second-order valence-electron chi connectivity index (χ2n) is 4.92. The van der Waals surface area contributed by atoms with E-state index in [0.29, 0.717) is 28.6 Å². The average Bonchev–Trinajstić information content (AvgIpc) is 2.61. The quantitative estimate of drug-likeness (QED) is 0.541. The first-order valence-electron chi connectivity index (χ1n) is 7.34. The van der Waals surface area contributed by atoms with E-state index in [-0.39, 0.29) is 0 Å². The Morgan fingerprint density at radius 3 is 2.04 bits per heavy atom. The predicted molar refractivity (Wildman–Crippen MR) is 94.6 cm³/mol. The lowest BCUT2D eigenvalue weighted by atomic mass is 10.1. The van der Waals surface area contributed by atoms with Crippen molar-refractivity contribution in [3.63, 3.8) is 0 Å². The van der Waals surface area contributed by atoms with Gasteiger partial charge in [0.15, 0.2) is 11.5 Å². The SMILES string of the molecule is CCc1ccc(OC(=O)c2cc(OC)c(OC)c(OC)c2)c(Br)c1. The third-order valence-electron chi connectivity index (χ3n) is 3.51. The van der Waals surface area contributed by atoms with Crippen LogP contribution < -0.4 is 18.9 Å². The van der Waals surface area contributed by atoms with E-state index in [4.69, 9.17) is 18.9 Å². The summed E-state index contributed by atoms with van der Waals surface area (Å²) in [7, 11) is 4.49. The highest BCUT2D eigenvalue weighted by Crippen LogP contribution is 2.38. The minimum absolute atomic E-state index is 0.302. The van der Waals surface area contributed by atoms with Gasteiger partial charge in [-0.05, 0) is 52.2 Å². The highest BCUT2D eigenvalue weighted by atomic mass is 79.9. The summed E-state index contributed by atoms with van der Waals surface area (Å²) in [6.07, 6.45) is 0.902. The lowest BCUT2D eigenvalue weighted by Gasteiger charge is -2.14. The molecule has 0 aliphatic rings. The van der Waals surface area contributed by atoms with Crippen molar-refractivity contribution >= 4 is 21.9 Å². The molecule has 0 saturated carbocycles. The Bertz CT molecular complexity index is 717. The fraction of sp³-hybridized carbons (Fsp3) is 0.278. The normalized spacial score (nSPS) is 10.2. The number of ether oxygens (including phenoxy) is 4. The molecule has 24 heavy (non-hydrogen) atoms. The standard InChI is InChI=1S/C18H19BrO5/c1-5-11-6-7-14(13(19)8-11)24-18(20)12-9-15(21-2)17(23-4)16(10-12)22-3/h6-10H,5H2,1-4H3. The van der Waals surface area contributed by atoms with Crippen molar-refractivity contribution in [2.24, 2.45) is 0 Å². The lowest BCUT2D eigenvalue weighted by Crippen LogP contribution is -2.10.